The summed E-state index contributed by atoms with van der Waals surface area (Å²) >= 11 is 0. The predicted octanol–water partition coefficient (Wildman–Crippen LogP) is 0.413. The summed E-state index contributed by atoms with van der Waals surface area (Å²) in [5.41, 5.74) is -2.61. The van der Waals surface area contributed by atoms with Crippen LogP contribution in [0.5, 0.6) is 0 Å². The molecular weight excluding hydrogens is 160 g/mol. The third-order valence-electron chi connectivity index (χ3n) is 3.73. The maximum atomic E-state index is 11.0. The smallest absolute Gasteiger partial charge is 0.350 e. The summed E-state index contributed by atoms with van der Waals surface area (Å²) in [6, 6.07) is 0. The number of carbonyl (C=O) groups excluding carboxylic acids is 1. The van der Waals surface area contributed by atoms with Gasteiger partial charge in [0.1, 0.15) is 5.41 Å². The second-order valence-electron chi connectivity index (χ2n) is 4.13. The van der Waals surface area contributed by atoms with Gasteiger partial charge in [-0.05, 0) is 6.92 Å². The summed E-state index contributed by atoms with van der Waals surface area (Å²) < 4.78 is 4.74. The molecule has 1 saturated carbocycles. The van der Waals surface area contributed by atoms with Gasteiger partial charge >= 0.3 is 11.9 Å². The van der Waals surface area contributed by atoms with Crippen molar-refractivity contribution in [1.82, 2.24) is 0 Å². The number of esters is 1. The van der Waals surface area contributed by atoms with Crippen molar-refractivity contribution in [3.05, 3.63) is 0 Å². The van der Waals surface area contributed by atoms with Crippen LogP contribution in [0.1, 0.15) is 20.8 Å². The number of hydrogen-bond acceptors (Lipinski definition) is 3. The van der Waals surface area contributed by atoms with E-state index in [1.165, 1.54) is 0 Å². The summed E-state index contributed by atoms with van der Waals surface area (Å²) in [5.74, 6) is -1.43. The number of hydrogen-bond donors (Lipinski definition) is 1. The van der Waals surface area contributed by atoms with Crippen LogP contribution in [0.4, 0.5) is 0 Å². The average Bonchev–Trinajstić information content (AvgIpc) is 2.25. The first kappa shape index (κ1) is 7.58. The normalized spacial score (nSPS) is 47.1. The highest BCUT2D eigenvalue weighted by Crippen LogP contribution is 2.80. The number of carboxylic acid groups (broad SMARTS) is 1. The fourth-order valence-electron chi connectivity index (χ4n) is 2.40. The summed E-state index contributed by atoms with van der Waals surface area (Å²) in [4.78, 5) is 21.9. The van der Waals surface area contributed by atoms with Crippen molar-refractivity contribution in [2.45, 2.75) is 26.4 Å². The number of carbonyl (C=O) groups is 2. The molecule has 0 aromatic heterocycles. The summed E-state index contributed by atoms with van der Waals surface area (Å²) in [7, 11) is 0. The van der Waals surface area contributed by atoms with Crippen LogP contribution in [0.15, 0.2) is 0 Å². The summed E-state index contributed by atoms with van der Waals surface area (Å²) in [5, 5.41) is 8.88. The molecule has 2 rings (SSSR count). The minimum Gasteiger partial charge on any atom is -0.478 e. The van der Waals surface area contributed by atoms with Gasteiger partial charge in [0.25, 0.3) is 0 Å². The van der Waals surface area contributed by atoms with Gasteiger partial charge in [-0.1, -0.05) is 13.8 Å². The van der Waals surface area contributed by atoms with Gasteiger partial charge in [0.15, 0.2) is 0 Å². The van der Waals surface area contributed by atoms with E-state index in [2.05, 4.69) is 0 Å². The molecule has 2 fully saturated rings. The summed E-state index contributed by atoms with van der Waals surface area (Å²) in [6.45, 7) is 5.13. The second kappa shape index (κ2) is 1.39. The van der Waals surface area contributed by atoms with Gasteiger partial charge in [-0.2, -0.15) is 0 Å². The molecule has 0 bridgehead atoms. The second-order valence-corrected chi connectivity index (χ2v) is 4.13. The van der Waals surface area contributed by atoms with E-state index in [0.717, 1.165) is 0 Å². The lowest BCUT2D eigenvalue weighted by atomic mass is 9.97. The molecule has 0 amide bonds. The van der Waals surface area contributed by atoms with Crippen molar-refractivity contribution in [2.75, 3.05) is 0 Å². The molecular formula is C8H10O4. The van der Waals surface area contributed by atoms with Crippen molar-refractivity contribution in [1.29, 1.82) is 0 Å². The maximum Gasteiger partial charge on any atom is 0.350 e. The van der Waals surface area contributed by atoms with Crippen LogP contribution in [0.3, 0.4) is 0 Å². The first-order valence-electron chi connectivity index (χ1n) is 3.79. The van der Waals surface area contributed by atoms with Crippen LogP contribution >= 0.6 is 0 Å². The zero-order valence-corrected chi connectivity index (χ0v) is 7.17. The molecule has 2 aliphatic rings. The van der Waals surface area contributed by atoms with E-state index in [0.29, 0.717) is 0 Å². The van der Waals surface area contributed by atoms with E-state index in [1.807, 2.05) is 0 Å². The first-order chi connectivity index (χ1) is 5.32. The highest BCUT2D eigenvalue weighted by molar-refractivity contribution is 6.06. The molecule has 1 aliphatic heterocycles. The van der Waals surface area contributed by atoms with Crippen LogP contribution < -0.4 is 0 Å². The molecule has 0 aromatic rings. The molecule has 0 radical (unpaired) electrons. The number of fused-ring (bicyclic) bond motifs is 1. The van der Waals surface area contributed by atoms with Crippen molar-refractivity contribution in [2.24, 2.45) is 10.8 Å². The van der Waals surface area contributed by atoms with Crippen LogP contribution in [0, 0.1) is 10.8 Å². The van der Waals surface area contributed by atoms with E-state index in [9.17, 15) is 9.59 Å². The van der Waals surface area contributed by atoms with Crippen LogP contribution in [0.2, 0.25) is 0 Å². The zero-order valence-electron chi connectivity index (χ0n) is 7.17. The molecule has 4 nitrogen and oxygen atoms in total. The molecule has 0 aromatic carbocycles. The molecule has 2 unspecified atom stereocenters. The monoisotopic (exact) mass is 170 g/mol. The highest BCUT2D eigenvalue weighted by Gasteiger charge is 2.98. The fraction of sp³-hybridized carbons (Fsp3) is 0.750. The van der Waals surface area contributed by atoms with Gasteiger partial charge in [0, 0.05) is 5.41 Å². The quantitative estimate of drug-likeness (QED) is 0.579. The zero-order chi connectivity index (χ0) is 9.36. The fourth-order valence-corrected chi connectivity index (χ4v) is 2.40. The van der Waals surface area contributed by atoms with Crippen LogP contribution in [-0.4, -0.2) is 22.6 Å². The predicted molar refractivity (Wildman–Crippen MR) is 38.3 cm³/mol. The van der Waals surface area contributed by atoms with E-state index < -0.39 is 28.4 Å². The number of aliphatic carboxylic acids is 1. The number of carboxylic acids is 1. The highest BCUT2D eigenvalue weighted by atomic mass is 16.6. The molecule has 1 heterocycles. The Labute approximate surface area is 69.5 Å². The van der Waals surface area contributed by atoms with Crippen LogP contribution in [0.25, 0.3) is 0 Å². The topological polar surface area (TPSA) is 63.6 Å². The van der Waals surface area contributed by atoms with Crippen molar-refractivity contribution >= 4 is 11.9 Å². The Morgan fingerprint density at radius 2 is 1.92 bits per heavy atom. The number of ether oxygens (including phenoxy) is 1. The summed E-state index contributed by atoms with van der Waals surface area (Å²) in [6.07, 6.45) is 0. The Kier molecular flexibility index (Phi) is 0.876. The molecule has 1 saturated heterocycles. The molecule has 66 valence electrons. The Hall–Kier alpha value is -1.06. The Morgan fingerprint density at radius 3 is 2.00 bits per heavy atom. The van der Waals surface area contributed by atoms with E-state index in [1.54, 1.807) is 20.8 Å². The van der Waals surface area contributed by atoms with E-state index in [-0.39, 0.29) is 0 Å². The molecule has 0 spiro atoms. The van der Waals surface area contributed by atoms with Gasteiger partial charge in [-0.25, -0.2) is 4.79 Å². The molecule has 4 heteroatoms. The first-order valence-corrected chi connectivity index (χ1v) is 3.79. The van der Waals surface area contributed by atoms with E-state index in [4.69, 9.17) is 9.84 Å². The van der Waals surface area contributed by atoms with Gasteiger partial charge in [-0.15, -0.1) is 0 Å². The van der Waals surface area contributed by atoms with Crippen molar-refractivity contribution in [3.8, 4) is 0 Å². The largest absolute Gasteiger partial charge is 0.478 e. The standard InChI is InChI=1S/C8H10O4/c1-6(2)7(3)5(11)12-8(6,7)4(9)10/h1-3H3,(H,9,10). The molecule has 1 aliphatic carbocycles. The van der Waals surface area contributed by atoms with E-state index >= 15 is 0 Å². The van der Waals surface area contributed by atoms with Gasteiger partial charge in [0.2, 0.25) is 5.60 Å². The molecule has 1 N–H and O–H groups in total. The maximum absolute atomic E-state index is 11.0. The number of rotatable bonds is 1. The molecule has 12 heavy (non-hydrogen) atoms. The SMILES string of the molecule is CC1(C)C2(C)C(=O)OC12C(=O)O. The van der Waals surface area contributed by atoms with Crippen molar-refractivity contribution in [3.63, 3.8) is 0 Å². The van der Waals surface area contributed by atoms with Gasteiger partial charge in [0.05, 0.1) is 0 Å². The van der Waals surface area contributed by atoms with Gasteiger partial charge < -0.3 is 9.84 Å². The Balaban J connectivity index is 2.49. The lowest BCUT2D eigenvalue weighted by Gasteiger charge is -2.27. The third-order valence-corrected chi connectivity index (χ3v) is 3.73. The minimum absolute atomic E-state index is 0.394. The Bertz CT molecular complexity index is 306. The lowest BCUT2D eigenvalue weighted by molar-refractivity contribution is -0.194. The lowest BCUT2D eigenvalue weighted by Crippen LogP contribution is -2.48. The van der Waals surface area contributed by atoms with Crippen molar-refractivity contribution < 1.29 is 19.4 Å². The average molecular weight is 170 g/mol. The minimum atomic E-state index is -1.24. The third kappa shape index (κ3) is 0.336. The van der Waals surface area contributed by atoms with Crippen LogP contribution in [-0.2, 0) is 14.3 Å². The Morgan fingerprint density at radius 1 is 1.42 bits per heavy atom. The molecule has 2 atom stereocenters. The van der Waals surface area contributed by atoms with Gasteiger partial charge in [-0.3, -0.25) is 4.79 Å².